The molecule has 0 spiro atoms. The van der Waals surface area contributed by atoms with Crippen molar-refractivity contribution in [2.45, 2.75) is 46.1 Å². The summed E-state index contributed by atoms with van der Waals surface area (Å²) in [5, 5.41) is 0. The Kier molecular flexibility index (Phi) is 4.86. The van der Waals surface area contributed by atoms with E-state index in [1.165, 1.54) is 0 Å². The minimum atomic E-state index is 0.149. The van der Waals surface area contributed by atoms with Crippen molar-refractivity contribution in [2.75, 3.05) is 19.7 Å². The van der Waals surface area contributed by atoms with Gasteiger partial charge < -0.3 is 14.2 Å². The number of aryl methyl sites for hydroxylation is 1. The lowest BCUT2D eigenvalue weighted by molar-refractivity contribution is 0.00208. The highest BCUT2D eigenvalue weighted by Crippen LogP contribution is 2.20. The second kappa shape index (κ2) is 6.44. The van der Waals surface area contributed by atoms with E-state index in [1.54, 1.807) is 0 Å². The number of nitrogens with zero attached hydrogens (tertiary/aromatic N) is 2. The van der Waals surface area contributed by atoms with Crippen LogP contribution >= 0.6 is 0 Å². The number of hydrogen-bond acceptors (Lipinski definition) is 2. The van der Waals surface area contributed by atoms with E-state index in [0.717, 1.165) is 55.9 Å². The zero-order valence-corrected chi connectivity index (χ0v) is 13.1. The van der Waals surface area contributed by atoms with Crippen molar-refractivity contribution in [2.24, 2.45) is 7.05 Å². The van der Waals surface area contributed by atoms with Gasteiger partial charge in [-0.25, -0.2) is 0 Å². The van der Waals surface area contributed by atoms with Crippen LogP contribution in [-0.4, -0.2) is 41.2 Å². The number of ether oxygens (including phenoxy) is 1. The SMILES string of the molecule is CCCOC1CCCN(C(=O)c2cc(C)n(C)c2C)C1. The van der Waals surface area contributed by atoms with E-state index >= 15 is 0 Å². The number of piperidine rings is 1. The second-order valence-electron chi connectivity index (χ2n) is 5.73. The van der Waals surface area contributed by atoms with Crippen molar-refractivity contribution in [3.05, 3.63) is 23.0 Å². The van der Waals surface area contributed by atoms with E-state index in [0.29, 0.717) is 0 Å². The standard InChI is InChI=1S/C16H26N2O2/c1-5-9-20-14-7-6-8-18(11-14)16(19)15-10-12(2)17(4)13(15)3/h10,14H,5-9,11H2,1-4H3. The summed E-state index contributed by atoms with van der Waals surface area (Å²) in [7, 11) is 2.00. The molecular formula is C16H26N2O2. The van der Waals surface area contributed by atoms with Crippen LogP contribution in [0.5, 0.6) is 0 Å². The molecule has 0 aromatic carbocycles. The van der Waals surface area contributed by atoms with Gasteiger partial charge in [-0.05, 0) is 39.2 Å². The van der Waals surface area contributed by atoms with Crippen LogP contribution in [0.1, 0.15) is 47.9 Å². The fourth-order valence-electron chi connectivity index (χ4n) is 2.79. The first kappa shape index (κ1) is 15.1. The maximum atomic E-state index is 12.7. The van der Waals surface area contributed by atoms with Crippen molar-refractivity contribution in [1.29, 1.82) is 0 Å². The molecule has 4 nitrogen and oxygen atoms in total. The molecule has 112 valence electrons. The van der Waals surface area contributed by atoms with Gasteiger partial charge in [0.2, 0.25) is 0 Å². The highest BCUT2D eigenvalue weighted by molar-refractivity contribution is 5.95. The summed E-state index contributed by atoms with van der Waals surface area (Å²) in [6.07, 6.45) is 3.33. The van der Waals surface area contributed by atoms with Crippen LogP contribution in [0.3, 0.4) is 0 Å². The average Bonchev–Trinajstić information content (AvgIpc) is 2.72. The molecule has 1 aliphatic heterocycles. The summed E-state index contributed by atoms with van der Waals surface area (Å²) in [6, 6.07) is 1.99. The van der Waals surface area contributed by atoms with Gasteiger partial charge in [0.25, 0.3) is 5.91 Å². The monoisotopic (exact) mass is 278 g/mol. The quantitative estimate of drug-likeness (QED) is 0.848. The fourth-order valence-corrected chi connectivity index (χ4v) is 2.79. The van der Waals surface area contributed by atoms with Gasteiger partial charge in [0.1, 0.15) is 0 Å². The molecule has 1 aromatic rings. The molecule has 0 saturated carbocycles. The van der Waals surface area contributed by atoms with Gasteiger partial charge in [0, 0.05) is 38.1 Å². The third kappa shape index (κ3) is 3.06. The summed E-state index contributed by atoms with van der Waals surface area (Å²) in [5.41, 5.74) is 3.01. The van der Waals surface area contributed by atoms with Crippen LogP contribution in [0, 0.1) is 13.8 Å². The number of carbonyl (C=O) groups is 1. The fraction of sp³-hybridized carbons (Fsp3) is 0.688. The Balaban J connectivity index is 2.06. The largest absolute Gasteiger partial charge is 0.376 e. The Hall–Kier alpha value is -1.29. The number of rotatable bonds is 4. The van der Waals surface area contributed by atoms with E-state index in [1.807, 2.05) is 31.9 Å². The summed E-state index contributed by atoms with van der Waals surface area (Å²) < 4.78 is 7.88. The first-order valence-corrected chi connectivity index (χ1v) is 7.58. The zero-order valence-electron chi connectivity index (χ0n) is 13.1. The Morgan fingerprint density at radius 2 is 2.20 bits per heavy atom. The van der Waals surface area contributed by atoms with Gasteiger partial charge in [-0.2, -0.15) is 0 Å². The van der Waals surface area contributed by atoms with Gasteiger partial charge in [-0.3, -0.25) is 4.79 Å². The van der Waals surface area contributed by atoms with Crippen molar-refractivity contribution < 1.29 is 9.53 Å². The molecule has 2 heterocycles. The van der Waals surface area contributed by atoms with Gasteiger partial charge in [0.15, 0.2) is 0 Å². The first-order valence-electron chi connectivity index (χ1n) is 7.58. The van der Waals surface area contributed by atoms with E-state index in [-0.39, 0.29) is 12.0 Å². The molecular weight excluding hydrogens is 252 g/mol. The molecule has 0 bridgehead atoms. The van der Waals surface area contributed by atoms with Crippen LogP contribution in [0.15, 0.2) is 6.07 Å². The lowest BCUT2D eigenvalue weighted by atomic mass is 10.1. The van der Waals surface area contributed by atoms with Gasteiger partial charge in [-0.15, -0.1) is 0 Å². The molecule has 20 heavy (non-hydrogen) atoms. The van der Waals surface area contributed by atoms with Gasteiger partial charge >= 0.3 is 0 Å². The first-order chi connectivity index (χ1) is 9.54. The second-order valence-corrected chi connectivity index (χ2v) is 5.73. The van der Waals surface area contributed by atoms with Crippen LogP contribution in [-0.2, 0) is 11.8 Å². The van der Waals surface area contributed by atoms with Crippen molar-refractivity contribution in [1.82, 2.24) is 9.47 Å². The van der Waals surface area contributed by atoms with Gasteiger partial charge in [-0.1, -0.05) is 6.92 Å². The molecule has 1 saturated heterocycles. The third-order valence-electron chi connectivity index (χ3n) is 4.23. The average molecular weight is 278 g/mol. The number of hydrogen-bond donors (Lipinski definition) is 0. The number of carbonyl (C=O) groups excluding carboxylic acids is 1. The summed E-state index contributed by atoms with van der Waals surface area (Å²) in [6.45, 7) is 8.52. The van der Waals surface area contributed by atoms with Crippen molar-refractivity contribution >= 4 is 5.91 Å². The highest BCUT2D eigenvalue weighted by Gasteiger charge is 2.26. The molecule has 4 heteroatoms. The minimum Gasteiger partial charge on any atom is -0.376 e. The van der Waals surface area contributed by atoms with Crippen molar-refractivity contribution in [3.63, 3.8) is 0 Å². The molecule has 0 radical (unpaired) electrons. The summed E-state index contributed by atoms with van der Waals surface area (Å²) >= 11 is 0. The Morgan fingerprint density at radius 3 is 2.80 bits per heavy atom. The van der Waals surface area contributed by atoms with Crippen LogP contribution in [0.25, 0.3) is 0 Å². The molecule has 2 rings (SSSR count). The van der Waals surface area contributed by atoms with E-state index in [4.69, 9.17) is 4.74 Å². The molecule has 1 aromatic heterocycles. The van der Waals surface area contributed by atoms with E-state index in [2.05, 4.69) is 11.5 Å². The molecule has 1 atom stereocenters. The summed E-state index contributed by atoms with van der Waals surface area (Å²) in [5.74, 6) is 0.149. The third-order valence-corrected chi connectivity index (χ3v) is 4.23. The van der Waals surface area contributed by atoms with Crippen molar-refractivity contribution in [3.8, 4) is 0 Å². The molecule has 1 unspecified atom stereocenters. The summed E-state index contributed by atoms with van der Waals surface area (Å²) in [4.78, 5) is 14.6. The lowest BCUT2D eigenvalue weighted by Crippen LogP contribution is -2.43. The lowest BCUT2D eigenvalue weighted by Gasteiger charge is -2.32. The Bertz CT molecular complexity index is 479. The highest BCUT2D eigenvalue weighted by atomic mass is 16.5. The molecule has 0 aliphatic carbocycles. The van der Waals surface area contributed by atoms with Gasteiger partial charge in [0.05, 0.1) is 11.7 Å². The van der Waals surface area contributed by atoms with E-state index < -0.39 is 0 Å². The van der Waals surface area contributed by atoms with E-state index in [9.17, 15) is 4.79 Å². The molecule has 1 amide bonds. The predicted molar refractivity (Wildman–Crippen MR) is 80.1 cm³/mol. The normalized spacial score (nSPS) is 19.4. The smallest absolute Gasteiger partial charge is 0.255 e. The zero-order chi connectivity index (χ0) is 14.7. The predicted octanol–water partition coefficient (Wildman–Crippen LogP) is 2.67. The molecule has 1 aliphatic rings. The molecule has 0 N–H and O–H groups in total. The van der Waals surface area contributed by atoms with Crippen LogP contribution < -0.4 is 0 Å². The molecule has 1 fully saturated rings. The number of amides is 1. The van der Waals surface area contributed by atoms with Crippen LogP contribution in [0.2, 0.25) is 0 Å². The van der Waals surface area contributed by atoms with Crippen LogP contribution in [0.4, 0.5) is 0 Å². The maximum absolute atomic E-state index is 12.7. The minimum absolute atomic E-state index is 0.149. The number of aromatic nitrogens is 1. The Labute approximate surface area is 121 Å². The maximum Gasteiger partial charge on any atom is 0.255 e. The number of likely N-dealkylation sites (tertiary alicyclic amines) is 1. The topological polar surface area (TPSA) is 34.5 Å². The Morgan fingerprint density at radius 1 is 1.45 bits per heavy atom.